The summed E-state index contributed by atoms with van der Waals surface area (Å²) in [6.07, 6.45) is -0.0504. The lowest BCUT2D eigenvalue weighted by atomic mass is 10.3. The molecule has 28 heavy (non-hydrogen) atoms. The van der Waals surface area contributed by atoms with Gasteiger partial charge < -0.3 is 5.73 Å². The van der Waals surface area contributed by atoms with Gasteiger partial charge in [0, 0.05) is 18.6 Å². The van der Waals surface area contributed by atoms with E-state index in [1.54, 1.807) is 6.92 Å². The second kappa shape index (κ2) is 8.39. The first kappa shape index (κ1) is 20.7. The Balaban J connectivity index is 2.07. The smallest absolute Gasteiger partial charge is 0.312 e. The Hall–Kier alpha value is -3.61. The van der Waals surface area contributed by atoms with Crippen LogP contribution < -0.4 is 16.2 Å². The predicted molar refractivity (Wildman–Crippen MR) is 103 cm³/mol. The summed E-state index contributed by atoms with van der Waals surface area (Å²) < 4.78 is 1.38. The summed E-state index contributed by atoms with van der Waals surface area (Å²) >= 11 is 4.91. The molecule has 1 amide bonds. The molecule has 0 aliphatic rings. The lowest BCUT2D eigenvalue weighted by Gasteiger charge is -2.23. The van der Waals surface area contributed by atoms with Gasteiger partial charge in [-0.05, 0) is 38.2 Å². The maximum atomic E-state index is 12.3. The second-order valence-corrected chi connectivity index (χ2v) is 6.15. The van der Waals surface area contributed by atoms with E-state index in [0.717, 1.165) is 5.01 Å². The fourth-order valence-corrected chi connectivity index (χ4v) is 2.68. The van der Waals surface area contributed by atoms with Gasteiger partial charge in [0.2, 0.25) is 5.91 Å². The fraction of sp³-hybridized carbons (Fsp3) is 0.267. The molecule has 0 saturated heterocycles. The molecule has 0 unspecified atom stereocenters. The largest absolute Gasteiger partial charge is 0.374 e. The molecule has 0 saturated carbocycles. The number of nitro benzene ring substituents is 1. The van der Waals surface area contributed by atoms with E-state index in [1.165, 1.54) is 35.9 Å². The zero-order valence-electron chi connectivity index (χ0n) is 15.0. The third-order valence-corrected chi connectivity index (χ3v) is 4.03. The number of carbonyl (C=O) groups excluding carboxylic acids is 1. The molecule has 3 N–H and O–H groups in total. The highest BCUT2D eigenvalue weighted by Crippen LogP contribution is 2.22. The number of hydrogen-bond donors (Lipinski definition) is 2. The standard InChI is InChI=1S/C15H17N7O5S/c1-9-14(22(26)27)10(2)19(17-9)8-7-13(23)18-20(15(16)28)11-3-5-12(6-4-11)21(24)25/h3-6H,7-8H2,1-2H3,(H2,16,28)(H,18,23). The quantitative estimate of drug-likeness (QED) is 0.410. The van der Waals surface area contributed by atoms with E-state index >= 15 is 0 Å². The predicted octanol–water partition coefficient (Wildman–Crippen LogP) is 1.49. The molecule has 0 atom stereocenters. The fourth-order valence-electron chi connectivity index (χ4n) is 2.53. The van der Waals surface area contributed by atoms with Crippen molar-refractivity contribution in [2.45, 2.75) is 26.8 Å². The van der Waals surface area contributed by atoms with Gasteiger partial charge in [-0.1, -0.05) is 0 Å². The molecule has 12 nitrogen and oxygen atoms in total. The molecular formula is C15H17N7O5S. The minimum Gasteiger partial charge on any atom is -0.374 e. The Bertz CT molecular complexity index is 941. The van der Waals surface area contributed by atoms with Crippen LogP contribution in [0.2, 0.25) is 0 Å². The van der Waals surface area contributed by atoms with Crippen LogP contribution in [-0.4, -0.2) is 30.6 Å². The number of nitrogens with two attached hydrogens (primary N) is 1. The van der Waals surface area contributed by atoms with Gasteiger partial charge in [-0.25, -0.2) is 5.01 Å². The number of anilines is 1. The van der Waals surface area contributed by atoms with Crippen molar-refractivity contribution in [2.75, 3.05) is 5.01 Å². The van der Waals surface area contributed by atoms with Gasteiger partial charge >= 0.3 is 5.69 Å². The number of thiocarbonyl (C=S) groups is 1. The summed E-state index contributed by atoms with van der Waals surface area (Å²) in [5.74, 6) is -0.471. The summed E-state index contributed by atoms with van der Waals surface area (Å²) in [6.45, 7) is 3.18. The Morgan fingerprint density at radius 3 is 2.32 bits per heavy atom. The lowest BCUT2D eigenvalue weighted by molar-refractivity contribution is -0.386. The highest BCUT2D eigenvalue weighted by molar-refractivity contribution is 7.80. The van der Waals surface area contributed by atoms with E-state index in [9.17, 15) is 25.0 Å². The van der Waals surface area contributed by atoms with Crippen LogP contribution in [0.5, 0.6) is 0 Å². The van der Waals surface area contributed by atoms with Gasteiger partial charge in [-0.2, -0.15) is 5.10 Å². The van der Waals surface area contributed by atoms with Crippen LogP contribution in [-0.2, 0) is 11.3 Å². The molecule has 2 aromatic rings. The molecule has 1 aromatic heterocycles. The van der Waals surface area contributed by atoms with Crippen LogP contribution >= 0.6 is 12.2 Å². The van der Waals surface area contributed by atoms with E-state index in [2.05, 4.69) is 10.5 Å². The van der Waals surface area contributed by atoms with Crippen molar-refractivity contribution in [1.29, 1.82) is 0 Å². The highest BCUT2D eigenvalue weighted by Gasteiger charge is 2.22. The van der Waals surface area contributed by atoms with Crippen molar-refractivity contribution in [3.05, 3.63) is 55.9 Å². The van der Waals surface area contributed by atoms with E-state index in [0.29, 0.717) is 11.4 Å². The monoisotopic (exact) mass is 407 g/mol. The van der Waals surface area contributed by atoms with E-state index in [4.69, 9.17) is 18.0 Å². The maximum absolute atomic E-state index is 12.3. The Labute approximate surface area is 164 Å². The summed E-state index contributed by atoms with van der Waals surface area (Å²) in [5, 5.41) is 26.8. The van der Waals surface area contributed by atoms with Crippen molar-refractivity contribution in [3.8, 4) is 0 Å². The molecule has 148 valence electrons. The summed E-state index contributed by atoms with van der Waals surface area (Å²) in [6, 6.07) is 5.29. The topological polar surface area (TPSA) is 162 Å². The highest BCUT2D eigenvalue weighted by atomic mass is 32.1. The summed E-state index contributed by atoms with van der Waals surface area (Å²) in [4.78, 5) is 33.0. The van der Waals surface area contributed by atoms with Crippen molar-refractivity contribution in [3.63, 3.8) is 0 Å². The Kier molecular flexibility index (Phi) is 6.20. The number of nitro groups is 2. The van der Waals surface area contributed by atoms with Gasteiger partial charge in [0.05, 0.1) is 22.1 Å². The van der Waals surface area contributed by atoms with E-state index < -0.39 is 15.8 Å². The van der Waals surface area contributed by atoms with Crippen molar-refractivity contribution >= 4 is 40.3 Å². The van der Waals surface area contributed by atoms with Crippen LogP contribution in [0.25, 0.3) is 0 Å². The zero-order valence-corrected chi connectivity index (χ0v) is 15.8. The van der Waals surface area contributed by atoms with Gasteiger partial charge in [-0.3, -0.25) is 35.1 Å². The summed E-state index contributed by atoms with van der Waals surface area (Å²) in [5.41, 5.74) is 8.86. The number of hydrazine groups is 1. The van der Waals surface area contributed by atoms with Crippen LogP contribution in [0.4, 0.5) is 17.1 Å². The molecule has 0 radical (unpaired) electrons. The molecule has 0 aliphatic carbocycles. The van der Waals surface area contributed by atoms with Crippen LogP contribution in [0, 0.1) is 34.1 Å². The molecule has 1 aromatic carbocycles. The van der Waals surface area contributed by atoms with Gasteiger partial charge in [0.1, 0.15) is 11.4 Å². The molecular weight excluding hydrogens is 390 g/mol. The average molecular weight is 407 g/mol. The Morgan fingerprint density at radius 2 is 1.86 bits per heavy atom. The number of carbonyl (C=O) groups is 1. The number of benzene rings is 1. The SMILES string of the molecule is Cc1nn(CCC(=O)NN(C(N)=S)c2ccc([N+](=O)[O-])cc2)c(C)c1[N+](=O)[O-]. The first-order valence-corrected chi connectivity index (χ1v) is 8.34. The van der Waals surface area contributed by atoms with Crippen molar-refractivity contribution < 1.29 is 14.6 Å². The number of rotatable bonds is 6. The number of amides is 1. The molecule has 0 fully saturated rings. The normalized spacial score (nSPS) is 10.4. The number of nitrogens with one attached hydrogen (secondary N) is 1. The molecule has 0 bridgehead atoms. The summed E-state index contributed by atoms with van der Waals surface area (Å²) in [7, 11) is 0. The average Bonchev–Trinajstić information content (AvgIpc) is 2.91. The third-order valence-electron chi connectivity index (χ3n) is 3.85. The lowest BCUT2D eigenvalue weighted by Crippen LogP contribution is -2.49. The molecule has 1 heterocycles. The zero-order chi connectivity index (χ0) is 21.0. The van der Waals surface area contributed by atoms with Gasteiger partial charge in [0.15, 0.2) is 5.11 Å². The van der Waals surface area contributed by atoms with Crippen LogP contribution in [0.15, 0.2) is 24.3 Å². The van der Waals surface area contributed by atoms with Gasteiger partial charge in [-0.15, -0.1) is 0 Å². The molecule has 13 heteroatoms. The van der Waals surface area contributed by atoms with Crippen LogP contribution in [0.1, 0.15) is 17.8 Å². The molecule has 0 spiro atoms. The van der Waals surface area contributed by atoms with E-state index in [1.807, 2.05) is 0 Å². The first-order valence-electron chi connectivity index (χ1n) is 7.93. The van der Waals surface area contributed by atoms with Crippen molar-refractivity contribution in [2.24, 2.45) is 5.73 Å². The number of non-ortho nitro benzene ring substituents is 1. The minimum absolute atomic E-state index is 0.0504. The van der Waals surface area contributed by atoms with Crippen molar-refractivity contribution in [1.82, 2.24) is 15.2 Å². The molecule has 0 aliphatic heterocycles. The number of aryl methyl sites for hydroxylation is 2. The number of aromatic nitrogens is 2. The Morgan fingerprint density at radius 1 is 1.25 bits per heavy atom. The first-order chi connectivity index (χ1) is 13.1. The number of nitrogens with zero attached hydrogens (tertiary/aromatic N) is 5. The number of hydrogen-bond acceptors (Lipinski definition) is 7. The maximum Gasteiger partial charge on any atom is 0.312 e. The van der Waals surface area contributed by atoms with Crippen LogP contribution in [0.3, 0.4) is 0 Å². The third kappa shape index (κ3) is 4.56. The van der Waals surface area contributed by atoms with Gasteiger partial charge in [0.25, 0.3) is 5.69 Å². The molecule has 2 rings (SSSR count). The minimum atomic E-state index is -0.555. The van der Waals surface area contributed by atoms with E-state index in [-0.39, 0.29) is 35.1 Å². The second-order valence-electron chi connectivity index (χ2n) is 5.73.